The van der Waals surface area contributed by atoms with Crippen molar-refractivity contribution in [3.05, 3.63) is 18.2 Å². The molecule has 0 aromatic heterocycles. The highest BCUT2D eigenvalue weighted by atomic mass is 32.2. The average molecular weight is 286 g/mol. The molecule has 0 radical (unpaired) electrons. The van der Waals surface area contributed by atoms with E-state index in [0.29, 0.717) is 25.1 Å². The predicted octanol–water partition coefficient (Wildman–Crippen LogP) is 0.423. The van der Waals surface area contributed by atoms with Crippen LogP contribution >= 0.6 is 0 Å². The number of aliphatic hydroxyl groups excluding tert-OH is 1. The summed E-state index contributed by atoms with van der Waals surface area (Å²) < 4.78 is 31.4. The molecule has 1 aromatic carbocycles. The van der Waals surface area contributed by atoms with Crippen molar-refractivity contribution in [3.8, 4) is 5.75 Å². The van der Waals surface area contributed by atoms with E-state index in [9.17, 15) is 13.5 Å². The fourth-order valence-corrected chi connectivity index (χ4v) is 3.88. The molecule has 2 rings (SSSR count). The first-order valence-corrected chi connectivity index (χ1v) is 7.51. The third-order valence-electron chi connectivity index (χ3n) is 3.16. The van der Waals surface area contributed by atoms with E-state index in [1.807, 2.05) is 0 Å². The van der Waals surface area contributed by atoms with Gasteiger partial charge < -0.3 is 15.6 Å². The number of rotatable bonds is 3. The normalized spacial score (nSPS) is 21.3. The van der Waals surface area contributed by atoms with Crippen molar-refractivity contribution < 1.29 is 18.3 Å². The summed E-state index contributed by atoms with van der Waals surface area (Å²) in [4.78, 5) is 0.0455. The minimum Gasteiger partial charge on any atom is -0.495 e. The number of nitrogen functional groups attached to an aromatic ring is 1. The number of ether oxygens (including phenoxy) is 1. The van der Waals surface area contributed by atoms with Crippen molar-refractivity contribution in [2.75, 3.05) is 25.9 Å². The number of aliphatic hydroxyl groups is 1. The number of piperidine rings is 1. The number of nitrogens with two attached hydrogens (primary N) is 1. The van der Waals surface area contributed by atoms with Crippen molar-refractivity contribution in [2.24, 2.45) is 0 Å². The number of nitrogens with zero attached hydrogens (tertiary/aromatic N) is 1. The molecule has 0 bridgehead atoms. The summed E-state index contributed by atoms with van der Waals surface area (Å²) in [5.41, 5.74) is 6.01. The molecule has 6 nitrogen and oxygen atoms in total. The molecule has 1 atom stereocenters. The summed E-state index contributed by atoms with van der Waals surface area (Å²) in [7, 11) is -2.28. The Kier molecular flexibility index (Phi) is 3.98. The van der Waals surface area contributed by atoms with Gasteiger partial charge in [0.2, 0.25) is 10.0 Å². The van der Waals surface area contributed by atoms with E-state index in [-0.39, 0.29) is 17.2 Å². The Labute approximate surface area is 112 Å². The van der Waals surface area contributed by atoms with Crippen LogP contribution in [0.15, 0.2) is 23.1 Å². The topological polar surface area (TPSA) is 92.9 Å². The van der Waals surface area contributed by atoms with Gasteiger partial charge in [0, 0.05) is 18.8 Å². The molecule has 1 aliphatic heterocycles. The van der Waals surface area contributed by atoms with Gasteiger partial charge in [0.05, 0.1) is 13.2 Å². The van der Waals surface area contributed by atoms with Crippen molar-refractivity contribution in [3.63, 3.8) is 0 Å². The fraction of sp³-hybridized carbons (Fsp3) is 0.500. The standard InChI is InChI=1S/C12H18N2O4S/c1-18-11-5-4-9(13)7-12(11)19(16,17)14-6-2-3-10(15)8-14/h4-5,7,10,15H,2-3,6,8,13H2,1H3/t10-/m0/s1. The van der Waals surface area contributed by atoms with Gasteiger partial charge >= 0.3 is 0 Å². The van der Waals surface area contributed by atoms with Gasteiger partial charge in [-0.3, -0.25) is 0 Å². The maximum atomic E-state index is 12.5. The van der Waals surface area contributed by atoms with E-state index in [4.69, 9.17) is 10.5 Å². The monoisotopic (exact) mass is 286 g/mol. The van der Waals surface area contributed by atoms with Gasteiger partial charge in [-0.1, -0.05) is 0 Å². The zero-order valence-electron chi connectivity index (χ0n) is 10.7. The number of hydrogen-bond donors (Lipinski definition) is 2. The molecular weight excluding hydrogens is 268 g/mol. The lowest BCUT2D eigenvalue weighted by atomic mass is 10.1. The number of sulfonamides is 1. The molecule has 1 aliphatic rings. The molecule has 106 valence electrons. The lowest BCUT2D eigenvalue weighted by Crippen LogP contribution is -2.42. The van der Waals surface area contributed by atoms with E-state index in [1.54, 1.807) is 6.07 Å². The van der Waals surface area contributed by atoms with E-state index in [1.165, 1.54) is 23.5 Å². The number of hydrogen-bond acceptors (Lipinski definition) is 5. The molecule has 1 saturated heterocycles. The van der Waals surface area contributed by atoms with Crippen LogP contribution in [0.2, 0.25) is 0 Å². The Morgan fingerprint density at radius 3 is 2.84 bits per heavy atom. The van der Waals surface area contributed by atoms with Gasteiger partial charge in [0.25, 0.3) is 0 Å². The van der Waals surface area contributed by atoms with Crippen molar-refractivity contribution in [2.45, 2.75) is 23.8 Å². The third-order valence-corrected chi connectivity index (χ3v) is 5.05. The molecule has 1 aromatic rings. The van der Waals surface area contributed by atoms with Gasteiger partial charge in [-0.2, -0.15) is 4.31 Å². The van der Waals surface area contributed by atoms with Crippen molar-refractivity contribution in [1.82, 2.24) is 4.31 Å². The fourth-order valence-electron chi connectivity index (χ4n) is 2.17. The third kappa shape index (κ3) is 2.83. The molecule has 19 heavy (non-hydrogen) atoms. The average Bonchev–Trinajstić information content (AvgIpc) is 2.38. The highest BCUT2D eigenvalue weighted by molar-refractivity contribution is 7.89. The van der Waals surface area contributed by atoms with Gasteiger partial charge in [-0.15, -0.1) is 0 Å². The zero-order chi connectivity index (χ0) is 14.0. The maximum absolute atomic E-state index is 12.5. The summed E-state index contributed by atoms with van der Waals surface area (Å²) >= 11 is 0. The molecule has 0 saturated carbocycles. The smallest absolute Gasteiger partial charge is 0.246 e. The second-order valence-corrected chi connectivity index (χ2v) is 6.48. The Morgan fingerprint density at radius 1 is 1.47 bits per heavy atom. The van der Waals surface area contributed by atoms with E-state index >= 15 is 0 Å². The van der Waals surface area contributed by atoms with Crippen LogP contribution in [0.1, 0.15) is 12.8 Å². The summed E-state index contributed by atoms with van der Waals surface area (Å²) in [6.07, 6.45) is 0.654. The summed E-state index contributed by atoms with van der Waals surface area (Å²) in [5.74, 6) is 0.259. The minimum atomic E-state index is -3.69. The van der Waals surface area contributed by atoms with Crippen LogP contribution in [-0.2, 0) is 10.0 Å². The maximum Gasteiger partial charge on any atom is 0.246 e. The Morgan fingerprint density at radius 2 is 2.21 bits per heavy atom. The lowest BCUT2D eigenvalue weighted by Gasteiger charge is -2.29. The van der Waals surface area contributed by atoms with Crippen LogP contribution in [0, 0.1) is 0 Å². The van der Waals surface area contributed by atoms with Gasteiger partial charge in [-0.05, 0) is 31.0 Å². The van der Waals surface area contributed by atoms with Crippen LogP contribution in [0.5, 0.6) is 5.75 Å². The minimum absolute atomic E-state index is 0.0455. The molecule has 0 amide bonds. The van der Waals surface area contributed by atoms with Crippen LogP contribution in [0.25, 0.3) is 0 Å². The Bertz CT molecular complexity index is 559. The van der Waals surface area contributed by atoms with Crippen LogP contribution in [0.4, 0.5) is 5.69 Å². The van der Waals surface area contributed by atoms with E-state index in [0.717, 1.165) is 0 Å². The Balaban J connectivity index is 2.41. The van der Waals surface area contributed by atoms with Crippen LogP contribution in [0.3, 0.4) is 0 Å². The first-order chi connectivity index (χ1) is 8.95. The van der Waals surface area contributed by atoms with Crippen molar-refractivity contribution in [1.29, 1.82) is 0 Å². The lowest BCUT2D eigenvalue weighted by molar-refractivity contribution is 0.108. The summed E-state index contributed by atoms with van der Waals surface area (Å²) in [6.45, 7) is 0.512. The van der Waals surface area contributed by atoms with Gasteiger partial charge in [-0.25, -0.2) is 8.42 Å². The molecule has 3 N–H and O–H groups in total. The quantitative estimate of drug-likeness (QED) is 0.786. The number of benzene rings is 1. The highest BCUT2D eigenvalue weighted by Gasteiger charge is 2.31. The molecule has 0 unspecified atom stereocenters. The number of anilines is 1. The number of β-amino-alcohol motifs (C(OH)–C–C–N with tert-alkyl or cyclic N) is 1. The SMILES string of the molecule is COc1ccc(N)cc1S(=O)(=O)N1CCC[C@H](O)C1. The van der Waals surface area contributed by atoms with Crippen LogP contribution in [-0.4, -0.2) is 44.1 Å². The van der Waals surface area contributed by atoms with Gasteiger partial charge in [0.1, 0.15) is 10.6 Å². The molecule has 7 heteroatoms. The predicted molar refractivity (Wildman–Crippen MR) is 71.4 cm³/mol. The summed E-state index contributed by atoms with van der Waals surface area (Å²) in [6, 6.07) is 4.50. The van der Waals surface area contributed by atoms with E-state index < -0.39 is 16.1 Å². The van der Waals surface area contributed by atoms with Gasteiger partial charge in [0.15, 0.2) is 0 Å². The molecule has 0 spiro atoms. The summed E-state index contributed by atoms with van der Waals surface area (Å²) in [5, 5.41) is 9.61. The second kappa shape index (κ2) is 5.36. The van der Waals surface area contributed by atoms with Crippen LogP contribution < -0.4 is 10.5 Å². The first kappa shape index (κ1) is 14.1. The molecule has 1 heterocycles. The largest absolute Gasteiger partial charge is 0.495 e. The highest BCUT2D eigenvalue weighted by Crippen LogP contribution is 2.30. The number of methoxy groups -OCH3 is 1. The molecule has 1 fully saturated rings. The molecule has 0 aliphatic carbocycles. The first-order valence-electron chi connectivity index (χ1n) is 6.07. The Hall–Kier alpha value is -1.31. The zero-order valence-corrected chi connectivity index (χ0v) is 11.6. The van der Waals surface area contributed by atoms with Crippen molar-refractivity contribution >= 4 is 15.7 Å². The molecular formula is C12H18N2O4S. The second-order valence-electron chi connectivity index (χ2n) is 4.57. The van der Waals surface area contributed by atoms with E-state index in [2.05, 4.69) is 0 Å².